The Hall–Kier alpha value is -4.46. The summed E-state index contributed by atoms with van der Waals surface area (Å²) >= 11 is 0. The van der Waals surface area contributed by atoms with E-state index in [2.05, 4.69) is 10.6 Å². The lowest BCUT2D eigenvalue weighted by molar-refractivity contribution is -0.118. The molecule has 36 heavy (non-hydrogen) atoms. The topological polar surface area (TPSA) is 85.2 Å². The lowest BCUT2D eigenvalue weighted by Crippen LogP contribution is -2.50. The van der Waals surface area contributed by atoms with Gasteiger partial charge in [-0.3, -0.25) is 9.59 Å². The van der Waals surface area contributed by atoms with Crippen molar-refractivity contribution in [1.82, 2.24) is 15.1 Å². The van der Waals surface area contributed by atoms with Crippen molar-refractivity contribution in [3.8, 4) is 11.4 Å². The van der Waals surface area contributed by atoms with Crippen molar-refractivity contribution in [2.45, 2.75) is 25.8 Å². The van der Waals surface area contributed by atoms with Crippen molar-refractivity contribution in [2.24, 2.45) is 0 Å². The largest absolute Gasteiger partial charge is 0.494 e. The molecule has 1 aromatic heterocycles. The summed E-state index contributed by atoms with van der Waals surface area (Å²) in [6, 6.07) is 20.0. The molecule has 3 aromatic carbocycles. The van der Waals surface area contributed by atoms with Crippen molar-refractivity contribution in [3.05, 3.63) is 107 Å². The van der Waals surface area contributed by atoms with Gasteiger partial charge in [0.25, 0.3) is 5.91 Å². The number of benzene rings is 3. The molecule has 0 saturated heterocycles. The Bertz CT molecular complexity index is 1450. The van der Waals surface area contributed by atoms with Crippen LogP contribution < -0.4 is 15.4 Å². The van der Waals surface area contributed by atoms with Gasteiger partial charge < -0.3 is 15.4 Å². The zero-order valence-electron chi connectivity index (χ0n) is 20.1. The summed E-state index contributed by atoms with van der Waals surface area (Å²) in [6.07, 6.45) is 0. The van der Waals surface area contributed by atoms with Crippen LogP contribution in [0, 0.1) is 19.7 Å². The molecule has 5 rings (SSSR count). The first kappa shape index (κ1) is 23.3. The minimum atomic E-state index is -0.993. The molecule has 0 spiro atoms. The number of carbonyl (C=O) groups excluding carboxylic acids is 2. The number of nitrogens with zero attached hydrogens (tertiary/aromatic N) is 2. The number of hydrogen-bond acceptors (Lipinski definition) is 4. The minimum Gasteiger partial charge on any atom is -0.494 e. The highest BCUT2D eigenvalue weighted by Gasteiger charge is 2.42. The van der Waals surface area contributed by atoms with Gasteiger partial charge in [0, 0.05) is 17.0 Å². The van der Waals surface area contributed by atoms with Gasteiger partial charge in [-0.2, -0.15) is 5.10 Å². The van der Waals surface area contributed by atoms with Crippen LogP contribution >= 0.6 is 0 Å². The summed E-state index contributed by atoms with van der Waals surface area (Å²) in [5, 5.41) is 10.5. The summed E-state index contributed by atoms with van der Waals surface area (Å²) < 4.78 is 21.6. The lowest BCUT2D eigenvalue weighted by Gasteiger charge is -2.33. The van der Waals surface area contributed by atoms with Crippen LogP contribution in [-0.4, -0.2) is 34.7 Å². The summed E-state index contributed by atoms with van der Waals surface area (Å²) in [6.45, 7) is 3.83. The minimum absolute atomic E-state index is 0.0937. The molecule has 182 valence electrons. The lowest BCUT2D eigenvalue weighted by atomic mass is 9.81. The van der Waals surface area contributed by atoms with Crippen LogP contribution in [0.4, 0.5) is 10.2 Å². The molecule has 2 atom stereocenters. The number of carbonyl (C=O) groups is 2. The van der Waals surface area contributed by atoms with Gasteiger partial charge in [0.05, 0.1) is 18.5 Å². The number of aromatic nitrogens is 2. The van der Waals surface area contributed by atoms with E-state index in [4.69, 9.17) is 9.84 Å². The van der Waals surface area contributed by atoms with Crippen LogP contribution in [0.3, 0.4) is 0 Å². The van der Waals surface area contributed by atoms with E-state index < -0.39 is 29.6 Å². The van der Waals surface area contributed by atoms with Gasteiger partial charge in [-0.25, -0.2) is 9.07 Å². The second-order valence-electron chi connectivity index (χ2n) is 8.77. The first-order valence-corrected chi connectivity index (χ1v) is 11.5. The highest BCUT2D eigenvalue weighted by atomic mass is 19.1. The number of aryl methyl sites for hydroxylation is 2. The summed E-state index contributed by atoms with van der Waals surface area (Å²) in [7, 11) is 1.39. The maximum Gasteiger partial charge on any atom is 0.251 e. The highest BCUT2D eigenvalue weighted by molar-refractivity contribution is 6.04. The number of rotatable bonds is 5. The monoisotopic (exact) mass is 484 g/mol. The first-order valence-electron chi connectivity index (χ1n) is 11.5. The molecule has 8 heteroatoms. The Morgan fingerprint density at radius 1 is 1.06 bits per heavy atom. The van der Waals surface area contributed by atoms with E-state index in [-0.39, 0.29) is 5.75 Å². The molecule has 4 aromatic rings. The third kappa shape index (κ3) is 4.11. The molecule has 0 aliphatic carbocycles. The van der Waals surface area contributed by atoms with Crippen LogP contribution in [0.15, 0.2) is 72.8 Å². The fourth-order valence-electron chi connectivity index (χ4n) is 4.62. The molecule has 2 heterocycles. The van der Waals surface area contributed by atoms with Gasteiger partial charge in [0.1, 0.15) is 11.9 Å². The summed E-state index contributed by atoms with van der Waals surface area (Å²) in [5.41, 5.74) is 4.17. The second kappa shape index (κ2) is 9.30. The van der Waals surface area contributed by atoms with Crippen LogP contribution in [0.5, 0.6) is 5.75 Å². The van der Waals surface area contributed by atoms with E-state index in [1.807, 2.05) is 44.2 Å². The van der Waals surface area contributed by atoms with Crippen molar-refractivity contribution < 1.29 is 18.7 Å². The molecule has 2 N–H and O–H groups in total. The van der Waals surface area contributed by atoms with E-state index in [0.717, 1.165) is 11.3 Å². The number of anilines is 1. The van der Waals surface area contributed by atoms with E-state index in [1.54, 1.807) is 35.0 Å². The van der Waals surface area contributed by atoms with Gasteiger partial charge in [-0.05, 0) is 55.8 Å². The average Bonchev–Trinajstić information content (AvgIpc) is 3.20. The number of hydrogen-bond donors (Lipinski definition) is 2. The zero-order valence-corrected chi connectivity index (χ0v) is 20.1. The molecular formula is C28H25FN4O3. The van der Waals surface area contributed by atoms with Gasteiger partial charge in [0.15, 0.2) is 11.6 Å². The van der Waals surface area contributed by atoms with Crippen LogP contribution in [-0.2, 0) is 4.79 Å². The first-order chi connectivity index (χ1) is 17.4. The van der Waals surface area contributed by atoms with Crippen molar-refractivity contribution >= 4 is 17.6 Å². The predicted molar refractivity (Wildman–Crippen MR) is 134 cm³/mol. The van der Waals surface area contributed by atoms with Crippen LogP contribution in [0.25, 0.3) is 5.69 Å². The van der Waals surface area contributed by atoms with Gasteiger partial charge in [-0.1, -0.05) is 42.0 Å². The van der Waals surface area contributed by atoms with Gasteiger partial charge in [0.2, 0.25) is 5.91 Å². The normalized spacial score (nSPS) is 16.7. The average molecular weight is 485 g/mol. The molecule has 1 aliphatic rings. The van der Waals surface area contributed by atoms with Crippen LogP contribution in [0.1, 0.15) is 38.7 Å². The maximum atomic E-state index is 14.8. The molecular weight excluding hydrogens is 459 g/mol. The van der Waals surface area contributed by atoms with Crippen LogP contribution in [0.2, 0.25) is 0 Å². The fourth-order valence-corrected chi connectivity index (χ4v) is 4.62. The highest BCUT2D eigenvalue weighted by Crippen LogP contribution is 2.41. The number of methoxy groups -OCH3 is 1. The summed E-state index contributed by atoms with van der Waals surface area (Å²) in [4.78, 5) is 26.5. The Morgan fingerprint density at radius 2 is 1.78 bits per heavy atom. The predicted octanol–water partition coefficient (Wildman–Crippen LogP) is 4.52. The molecule has 1 aliphatic heterocycles. The Balaban J connectivity index is 1.64. The fraction of sp³-hybridized carbons (Fsp3) is 0.179. The third-order valence-electron chi connectivity index (χ3n) is 6.41. The molecule has 0 unspecified atom stereocenters. The molecule has 2 amide bonds. The van der Waals surface area contributed by atoms with Gasteiger partial charge in [-0.15, -0.1) is 0 Å². The molecule has 7 nitrogen and oxygen atoms in total. The Morgan fingerprint density at radius 3 is 2.44 bits per heavy atom. The number of nitrogens with one attached hydrogen (secondary N) is 2. The SMILES string of the molecule is COc1ccc([C@H]2c3c(C)nn(-c4ccc(C)cc4)c3NC(=O)[C@@H]2NC(=O)c2ccccc2)cc1F. The number of halogens is 1. The Kier molecular flexibility index (Phi) is 6.01. The summed E-state index contributed by atoms with van der Waals surface area (Å²) in [5.74, 6) is -1.47. The Labute approximate surface area is 207 Å². The number of ether oxygens (including phenoxy) is 1. The van der Waals surface area contributed by atoms with E-state index in [9.17, 15) is 14.0 Å². The quantitative estimate of drug-likeness (QED) is 0.436. The van der Waals surface area contributed by atoms with Gasteiger partial charge >= 0.3 is 0 Å². The zero-order chi connectivity index (χ0) is 25.4. The van der Waals surface area contributed by atoms with E-state index in [1.165, 1.54) is 19.2 Å². The number of fused-ring (bicyclic) bond motifs is 1. The van der Waals surface area contributed by atoms with E-state index in [0.29, 0.717) is 28.2 Å². The van der Waals surface area contributed by atoms with Crippen molar-refractivity contribution in [2.75, 3.05) is 12.4 Å². The molecule has 0 saturated carbocycles. The smallest absolute Gasteiger partial charge is 0.251 e. The second-order valence-corrected chi connectivity index (χ2v) is 8.77. The van der Waals surface area contributed by atoms with E-state index >= 15 is 0 Å². The molecule has 0 bridgehead atoms. The standard InChI is InChI=1S/C28H25FN4O3/c1-16-9-12-20(13-10-16)33-26-23(17(2)32-33)24(19-11-14-22(36-3)21(29)15-19)25(28(35)31-26)30-27(34)18-7-5-4-6-8-18/h4-15,24-25H,1-3H3,(H,30,34)(H,31,35)/t24-,25+/m0/s1. The maximum absolute atomic E-state index is 14.8. The molecule has 0 radical (unpaired) electrons. The van der Waals surface area contributed by atoms with Crippen molar-refractivity contribution in [1.29, 1.82) is 0 Å². The molecule has 0 fully saturated rings. The number of amides is 2. The van der Waals surface area contributed by atoms with Crippen molar-refractivity contribution in [3.63, 3.8) is 0 Å². The third-order valence-corrected chi connectivity index (χ3v) is 6.41.